The number of aromatic amines is 1. The number of H-pyrrole nitrogens is 1. The minimum absolute atomic E-state index is 0.0468. The molecule has 0 spiro atoms. The summed E-state index contributed by atoms with van der Waals surface area (Å²) in [6.45, 7) is 4.64. The van der Waals surface area contributed by atoms with Crippen molar-refractivity contribution in [2.75, 3.05) is 24.5 Å². The van der Waals surface area contributed by atoms with Crippen LogP contribution in [-0.4, -0.2) is 55.9 Å². The number of hydrogen-bond donors (Lipinski definition) is 3. The number of hydrogen-bond acceptors (Lipinski definition) is 7. The van der Waals surface area contributed by atoms with E-state index in [9.17, 15) is 9.50 Å². The third-order valence-corrected chi connectivity index (χ3v) is 5.52. The average molecular weight is 419 g/mol. The number of anilines is 1. The van der Waals surface area contributed by atoms with Gasteiger partial charge < -0.3 is 15.3 Å². The number of benzene rings is 1. The van der Waals surface area contributed by atoms with Gasteiger partial charge in [0.05, 0.1) is 0 Å². The molecule has 0 bridgehead atoms. The van der Waals surface area contributed by atoms with Crippen molar-refractivity contribution in [1.29, 1.82) is 0 Å². The lowest BCUT2D eigenvalue weighted by atomic mass is 10.1. The summed E-state index contributed by atoms with van der Waals surface area (Å²) in [6, 6.07) is 10.2. The van der Waals surface area contributed by atoms with Crippen LogP contribution in [0.5, 0.6) is 5.75 Å². The number of aromatic nitrogens is 5. The fourth-order valence-corrected chi connectivity index (χ4v) is 3.91. The summed E-state index contributed by atoms with van der Waals surface area (Å²) < 4.78 is 13.2. The van der Waals surface area contributed by atoms with Gasteiger partial charge in [-0.2, -0.15) is 5.10 Å². The predicted octanol–water partition coefficient (Wildman–Crippen LogP) is 2.65. The molecule has 0 radical (unpaired) electrons. The molecular formula is C22H22FN7O. The lowest BCUT2D eigenvalue weighted by molar-refractivity contribution is 0.477. The summed E-state index contributed by atoms with van der Waals surface area (Å²) in [6.07, 6.45) is 2.11. The highest BCUT2D eigenvalue weighted by atomic mass is 19.1. The summed E-state index contributed by atoms with van der Waals surface area (Å²) in [5.41, 5.74) is 1.66. The minimum Gasteiger partial charge on any atom is -0.504 e. The Hall–Kier alpha value is -3.59. The summed E-state index contributed by atoms with van der Waals surface area (Å²) in [4.78, 5) is 15.9. The van der Waals surface area contributed by atoms with E-state index in [1.807, 2.05) is 12.1 Å². The van der Waals surface area contributed by atoms with Crippen molar-refractivity contribution < 1.29 is 9.50 Å². The van der Waals surface area contributed by atoms with Gasteiger partial charge >= 0.3 is 0 Å². The van der Waals surface area contributed by atoms with Gasteiger partial charge in [0.25, 0.3) is 0 Å². The number of piperazine rings is 1. The van der Waals surface area contributed by atoms with Gasteiger partial charge in [0.1, 0.15) is 23.0 Å². The van der Waals surface area contributed by atoms with Gasteiger partial charge in [-0.1, -0.05) is 12.1 Å². The second-order valence-electron chi connectivity index (χ2n) is 7.69. The maximum atomic E-state index is 13.2. The molecule has 5 rings (SSSR count). The summed E-state index contributed by atoms with van der Waals surface area (Å²) in [5.74, 6) is 1.32. The molecular weight excluding hydrogens is 397 g/mol. The van der Waals surface area contributed by atoms with Crippen molar-refractivity contribution in [2.45, 2.75) is 19.4 Å². The van der Waals surface area contributed by atoms with Crippen molar-refractivity contribution in [3.8, 4) is 17.3 Å². The van der Waals surface area contributed by atoms with Crippen molar-refractivity contribution in [2.24, 2.45) is 0 Å². The van der Waals surface area contributed by atoms with E-state index in [0.29, 0.717) is 23.6 Å². The first-order valence-corrected chi connectivity index (χ1v) is 10.2. The fraction of sp³-hybridized carbons (Fsp3) is 0.273. The standard InChI is InChI=1S/C22H22FN7O/c1-13-12-24-9-10-30(13)22-16-3-2-8-25-18(16)20(31)19(27-22)21-26-17(28-29-21)11-14-4-6-15(23)7-5-14/h2-8,13,24,31H,9-12H2,1H3,(H,26,28,29). The highest BCUT2D eigenvalue weighted by Gasteiger charge is 2.26. The molecule has 3 aromatic heterocycles. The number of halogens is 1. The molecule has 1 atom stereocenters. The first-order valence-electron chi connectivity index (χ1n) is 10.2. The summed E-state index contributed by atoms with van der Waals surface area (Å²) >= 11 is 0. The van der Waals surface area contributed by atoms with Crippen LogP contribution in [0.2, 0.25) is 0 Å². The normalized spacial score (nSPS) is 16.7. The number of aromatic hydroxyl groups is 1. The van der Waals surface area contributed by atoms with Crippen LogP contribution in [0.25, 0.3) is 22.4 Å². The molecule has 31 heavy (non-hydrogen) atoms. The Balaban J connectivity index is 1.56. The lowest BCUT2D eigenvalue weighted by Crippen LogP contribution is -2.50. The molecule has 1 saturated heterocycles. The monoisotopic (exact) mass is 419 g/mol. The van der Waals surface area contributed by atoms with Crippen LogP contribution >= 0.6 is 0 Å². The number of pyridine rings is 2. The molecule has 1 aliphatic heterocycles. The van der Waals surface area contributed by atoms with E-state index in [4.69, 9.17) is 4.98 Å². The Morgan fingerprint density at radius 3 is 2.84 bits per heavy atom. The Morgan fingerprint density at radius 1 is 1.19 bits per heavy atom. The van der Waals surface area contributed by atoms with Crippen LogP contribution in [0.4, 0.5) is 10.2 Å². The van der Waals surface area contributed by atoms with Gasteiger partial charge in [-0.25, -0.2) is 14.4 Å². The molecule has 4 heterocycles. The molecule has 0 saturated carbocycles. The van der Waals surface area contributed by atoms with Gasteiger partial charge in [-0.3, -0.25) is 10.1 Å². The van der Waals surface area contributed by atoms with Gasteiger partial charge in [-0.05, 0) is 36.8 Å². The zero-order chi connectivity index (χ0) is 21.4. The molecule has 1 fully saturated rings. The molecule has 0 amide bonds. The quantitative estimate of drug-likeness (QED) is 0.467. The van der Waals surface area contributed by atoms with Crippen molar-refractivity contribution in [1.82, 2.24) is 30.5 Å². The maximum absolute atomic E-state index is 13.2. The van der Waals surface area contributed by atoms with E-state index in [1.165, 1.54) is 12.1 Å². The van der Waals surface area contributed by atoms with Crippen LogP contribution in [0.15, 0.2) is 42.6 Å². The van der Waals surface area contributed by atoms with Gasteiger partial charge in [0.15, 0.2) is 11.4 Å². The Labute approximate surface area is 178 Å². The number of nitrogens with zero attached hydrogens (tertiary/aromatic N) is 5. The third kappa shape index (κ3) is 3.68. The van der Waals surface area contributed by atoms with Crippen molar-refractivity contribution in [3.63, 3.8) is 0 Å². The van der Waals surface area contributed by atoms with Crippen LogP contribution < -0.4 is 10.2 Å². The first-order chi connectivity index (χ1) is 15.1. The number of nitrogens with one attached hydrogen (secondary N) is 2. The maximum Gasteiger partial charge on any atom is 0.203 e. The van der Waals surface area contributed by atoms with E-state index >= 15 is 0 Å². The number of fused-ring (bicyclic) bond motifs is 1. The molecule has 3 N–H and O–H groups in total. The minimum atomic E-state index is -0.283. The van der Waals surface area contributed by atoms with Gasteiger partial charge in [-0.15, -0.1) is 0 Å². The third-order valence-electron chi connectivity index (χ3n) is 5.52. The lowest BCUT2D eigenvalue weighted by Gasteiger charge is -2.35. The first kappa shape index (κ1) is 19.4. The van der Waals surface area contributed by atoms with Gasteiger partial charge in [0, 0.05) is 43.7 Å². The Kier molecular flexibility index (Phi) is 4.95. The molecule has 8 nitrogen and oxygen atoms in total. The van der Waals surface area contributed by atoms with E-state index in [1.54, 1.807) is 18.3 Å². The molecule has 0 aliphatic carbocycles. The van der Waals surface area contributed by atoms with Crippen LogP contribution in [-0.2, 0) is 6.42 Å². The van der Waals surface area contributed by atoms with Crippen LogP contribution in [0, 0.1) is 5.82 Å². The summed E-state index contributed by atoms with van der Waals surface area (Å²) in [7, 11) is 0. The second-order valence-corrected chi connectivity index (χ2v) is 7.69. The molecule has 1 unspecified atom stereocenters. The van der Waals surface area contributed by atoms with E-state index in [0.717, 1.165) is 36.4 Å². The fourth-order valence-electron chi connectivity index (χ4n) is 3.91. The molecule has 158 valence electrons. The second kappa shape index (κ2) is 7.92. The van der Waals surface area contributed by atoms with Crippen LogP contribution in [0.3, 0.4) is 0 Å². The smallest absolute Gasteiger partial charge is 0.203 e. The van der Waals surface area contributed by atoms with Gasteiger partial charge in [0.2, 0.25) is 5.82 Å². The Morgan fingerprint density at radius 2 is 2.03 bits per heavy atom. The van der Waals surface area contributed by atoms with Crippen LogP contribution in [0.1, 0.15) is 18.3 Å². The largest absolute Gasteiger partial charge is 0.504 e. The van der Waals surface area contributed by atoms with Crippen molar-refractivity contribution in [3.05, 3.63) is 59.8 Å². The van der Waals surface area contributed by atoms with E-state index < -0.39 is 0 Å². The summed E-state index contributed by atoms with van der Waals surface area (Å²) in [5, 5.41) is 22.3. The molecule has 1 aliphatic rings. The predicted molar refractivity (Wildman–Crippen MR) is 115 cm³/mol. The highest BCUT2D eigenvalue weighted by molar-refractivity contribution is 5.97. The topological polar surface area (TPSA) is 103 Å². The Bertz CT molecular complexity index is 1220. The zero-order valence-electron chi connectivity index (χ0n) is 17.0. The van der Waals surface area contributed by atoms with E-state index in [2.05, 4.69) is 37.3 Å². The van der Waals surface area contributed by atoms with E-state index in [-0.39, 0.29) is 23.3 Å². The molecule has 4 aromatic rings. The SMILES string of the molecule is CC1CNCCN1c1nc(-c2n[nH]c(Cc3ccc(F)cc3)n2)c(O)c2ncccc12. The molecule has 9 heteroatoms. The van der Waals surface area contributed by atoms with Crippen molar-refractivity contribution >= 4 is 16.7 Å². The number of rotatable bonds is 4. The average Bonchev–Trinajstić information content (AvgIpc) is 3.25. The highest BCUT2D eigenvalue weighted by Crippen LogP contribution is 2.37. The zero-order valence-corrected chi connectivity index (χ0v) is 17.0. The molecule has 1 aromatic carbocycles.